The standard InChI is InChI=1S/C15H32.C3H6O3S/c1-3-5-7-9-11-13-15-14-12-10-8-6-4-2;1-2-3-7(4,5)6/h3-15H2,1-2H3;2H,1,3H2,(H,4,5,6). The van der Waals surface area contributed by atoms with Crippen LogP contribution in [-0.4, -0.2) is 18.7 Å². The summed E-state index contributed by atoms with van der Waals surface area (Å²) in [5.74, 6) is -0.368. The zero-order chi connectivity index (χ0) is 17.1. The molecule has 22 heavy (non-hydrogen) atoms. The van der Waals surface area contributed by atoms with Crippen molar-refractivity contribution in [3.8, 4) is 0 Å². The molecular weight excluding hydrogens is 296 g/mol. The zero-order valence-corrected chi connectivity index (χ0v) is 15.7. The van der Waals surface area contributed by atoms with Gasteiger partial charge in [0.1, 0.15) is 0 Å². The van der Waals surface area contributed by atoms with E-state index in [4.69, 9.17) is 4.55 Å². The Bertz CT molecular complexity index is 298. The number of hydrogen-bond donors (Lipinski definition) is 1. The van der Waals surface area contributed by atoms with Crippen molar-refractivity contribution < 1.29 is 13.0 Å². The Labute approximate surface area is 139 Å². The van der Waals surface area contributed by atoms with E-state index in [2.05, 4.69) is 20.4 Å². The highest BCUT2D eigenvalue weighted by atomic mass is 32.2. The molecule has 0 aromatic heterocycles. The highest BCUT2D eigenvalue weighted by Crippen LogP contribution is 2.12. The first kappa shape index (κ1) is 23.9. The molecule has 1 N–H and O–H groups in total. The first-order valence-electron chi connectivity index (χ1n) is 9.04. The third kappa shape index (κ3) is 27.9. The summed E-state index contributed by atoms with van der Waals surface area (Å²) in [5, 5.41) is 0. The number of rotatable bonds is 14. The Kier molecular flexibility index (Phi) is 20.3. The van der Waals surface area contributed by atoms with E-state index in [1.807, 2.05) is 0 Å². The molecule has 0 fully saturated rings. The first-order chi connectivity index (χ1) is 10.5. The zero-order valence-electron chi connectivity index (χ0n) is 14.9. The van der Waals surface area contributed by atoms with Crippen molar-refractivity contribution in [1.82, 2.24) is 0 Å². The van der Waals surface area contributed by atoms with Crippen LogP contribution in [0.25, 0.3) is 0 Å². The van der Waals surface area contributed by atoms with E-state index in [-0.39, 0.29) is 5.75 Å². The number of hydrogen-bond acceptors (Lipinski definition) is 2. The van der Waals surface area contributed by atoms with E-state index in [0.717, 1.165) is 6.08 Å². The van der Waals surface area contributed by atoms with Gasteiger partial charge in [-0.25, -0.2) is 0 Å². The second kappa shape index (κ2) is 18.7. The van der Waals surface area contributed by atoms with E-state index in [0.29, 0.717) is 0 Å². The van der Waals surface area contributed by atoms with Gasteiger partial charge in [0.15, 0.2) is 0 Å². The summed E-state index contributed by atoms with van der Waals surface area (Å²) < 4.78 is 27.3. The second-order valence-electron chi connectivity index (χ2n) is 5.93. The van der Waals surface area contributed by atoms with Crippen molar-refractivity contribution in [2.24, 2.45) is 0 Å². The lowest BCUT2D eigenvalue weighted by Gasteiger charge is -2.01. The van der Waals surface area contributed by atoms with Crippen LogP contribution in [-0.2, 0) is 10.1 Å². The average Bonchev–Trinajstić information content (AvgIpc) is 2.44. The topological polar surface area (TPSA) is 54.4 Å². The summed E-state index contributed by atoms with van der Waals surface area (Å²) >= 11 is 0. The monoisotopic (exact) mass is 334 g/mol. The minimum atomic E-state index is -3.79. The molecule has 0 amide bonds. The van der Waals surface area contributed by atoms with Gasteiger partial charge in [0.2, 0.25) is 0 Å². The highest BCUT2D eigenvalue weighted by Gasteiger charge is 1.96. The summed E-state index contributed by atoms with van der Waals surface area (Å²) in [7, 11) is -3.79. The summed E-state index contributed by atoms with van der Waals surface area (Å²) in [4.78, 5) is 0. The van der Waals surface area contributed by atoms with Crippen molar-refractivity contribution in [3.05, 3.63) is 12.7 Å². The Morgan fingerprint density at radius 1 is 0.727 bits per heavy atom. The molecule has 0 rings (SSSR count). The maximum atomic E-state index is 9.72. The van der Waals surface area contributed by atoms with E-state index < -0.39 is 10.1 Å². The van der Waals surface area contributed by atoms with Gasteiger partial charge in [0, 0.05) is 0 Å². The average molecular weight is 335 g/mol. The van der Waals surface area contributed by atoms with Crippen LogP contribution in [0.4, 0.5) is 0 Å². The van der Waals surface area contributed by atoms with Crippen molar-refractivity contribution in [1.29, 1.82) is 0 Å². The molecule has 0 radical (unpaired) electrons. The summed E-state index contributed by atoms with van der Waals surface area (Å²) in [5.41, 5.74) is 0. The van der Waals surface area contributed by atoms with Crippen LogP contribution in [0, 0.1) is 0 Å². The molecule has 0 saturated heterocycles. The van der Waals surface area contributed by atoms with E-state index in [9.17, 15) is 8.42 Å². The fourth-order valence-corrected chi connectivity index (χ4v) is 2.54. The molecule has 0 spiro atoms. The van der Waals surface area contributed by atoms with Crippen molar-refractivity contribution in [2.75, 3.05) is 5.75 Å². The molecule has 0 unspecified atom stereocenters. The second-order valence-corrected chi connectivity index (χ2v) is 7.42. The minimum absolute atomic E-state index is 0.368. The van der Waals surface area contributed by atoms with Gasteiger partial charge < -0.3 is 0 Å². The molecule has 0 aliphatic rings. The minimum Gasteiger partial charge on any atom is -0.285 e. The Balaban J connectivity index is 0. The van der Waals surface area contributed by atoms with Gasteiger partial charge >= 0.3 is 0 Å². The molecule has 3 nitrogen and oxygen atoms in total. The van der Waals surface area contributed by atoms with Gasteiger partial charge in [-0.2, -0.15) is 8.42 Å². The van der Waals surface area contributed by atoms with Gasteiger partial charge in [-0.3, -0.25) is 4.55 Å². The van der Waals surface area contributed by atoms with Crippen molar-refractivity contribution in [2.45, 2.75) is 97.3 Å². The van der Waals surface area contributed by atoms with E-state index in [1.54, 1.807) is 0 Å². The largest absolute Gasteiger partial charge is 0.285 e. The van der Waals surface area contributed by atoms with Crippen LogP contribution in [0.2, 0.25) is 0 Å². The maximum absolute atomic E-state index is 9.72. The third-order valence-electron chi connectivity index (χ3n) is 3.54. The molecule has 4 heteroatoms. The SMILES string of the molecule is C=CCS(=O)(=O)O.CCCCCCCCCCCCCCC. The van der Waals surface area contributed by atoms with Crippen LogP contribution in [0.3, 0.4) is 0 Å². The Morgan fingerprint density at radius 2 is 1.00 bits per heavy atom. The molecule has 0 aromatic rings. The Hall–Kier alpha value is -0.350. The van der Waals surface area contributed by atoms with E-state index >= 15 is 0 Å². The molecule has 0 bridgehead atoms. The van der Waals surface area contributed by atoms with Gasteiger partial charge in [0.25, 0.3) is 10.1 Å². The van der Waals surface area contributed by atoms with Crippen LogP contribution in [0.1, 0.15) is 97.3 Å². The highest BCUT2D eigenvalue weighted by molar-refractivity contribution is 7.85. The molecule has 0 aliphatic heterocycles. The van der Waals surface area contributed by atoms with Crippen molar-refractivity contribution in [3.63, 3.8) is 0 Å². The quantitative estimate of drug-likeness (QED) is 0.235. The fraction of sp³-hybridized carbons (Fsp3) is 0.889. The fourth-order valence-electron chi connectivity index (χ4n) is 2.24. The van der Waals surface area contributed by atoms with Gasteiger partial charge in [-0.15, -0.1) is 6.58 Å². The van der Waals surface area contributed by atoms with E-state index in [1.165, 1.54) is 83.5 Å². The summed E-state index contributed by atoms with van der Waals surface area (Å²) in [6.45, 7) is 7.68. The maximum Gasteiger partial charge on any atom is 0.268 e. The third-order valence-corrected chi connectivity index (χ3v) is 4.19. The predicted octanol–water partition coefficient (Wildman–Crippen LogP) is 6.16. The molecule has 0 aromatic carbocycles. The van der Waals surface area contributed by atoms with Crippen LogP contribution in [0.15, 0.2) is 12.7 Å². The predicted molar refractivity (Wildman–Crippen MR) is 98.0 cm³/mol. The molecular formula is C18H38O3S. The van der Waals surface area contributed by atoms with Gasteiger partial charge in [0.05, 0.1) is 5.75 Å². The lowest BCUT2D eigenvalue weighted by molar-refractivity contribution is 0.487. The lowest BCUT2D eigenvalue weighted by atomic mass is 10.1. The molecule has 0 heterocycles. The van der Waals surface area contributed by atoms with Crippen LogP contribution in [0.5, 0.6) is 0 Å². The lowest BCUT2D eigenvalue weighted by Crippen LogP contribution is -1.99. The number of unbranched alkanes of at least 4 members (excludes halogenated alkanes) is 12. The molecule has 0 saturated carbocycles. The normalized spacial score (nSPS) is 10.9. The van der Waals surface area contributed by atoms with Gasteiger partial charge in [-0.05, 0) is 0 Å². The summed E-state index contributed by atoms with van der Waals surface area (Å²) in [6, 6.07) is 0. The molecule has 134 valence electrons. The van der Waals surface area contributed by atoms with Crippen LogP contribution < -0.4 is 0 Å². The molecule has 0 aliphatic carbocycles. The van der Waals surface area contributed by atoms with Crippen LogP contribution >= 0.6 is 0 Å². The van der Waals surface area contributed by atoms with Crippen molar-refractivity contribution >= 4 is 10.1 Å². The Morgan fingerprint density at radius 3 is 1.14 bits per heavy atom. The first-order valence-corrected chi connectivity index (χ1v) is 10.6. The molecule has 0 atom stereocenters. The smallest absolute Gasteiger partial charge is 0.268 e. The van der Waals surface area contributed by atoms with Gasteiger partial charge in [-0.1, -0.05) is 103 Å². The summed E-state index contributed by atoms with van der Waals surface area (Å²) in [6.07, 6.45) is 20.0.